The van der Waals surface area contributed by atoms with Gasteiger partial charge in [-0.1, -0.05) is 11.6 Å². The molecule has 1 aromatic carbocycles. The Morgan fingerprint density at radius 2 is 1.68 bits per heavy atom. The van der Waals surface area contributed by atoms with E-state index >= 15 is 0 Å². The van der Waals surface area contributed by atoms with Crippen LogP contribution in [0, 0.1) is 0 Å². The highest BCUT2D eigenvalue weighted by Gasteiger charge is 2.34. The highest BCUT2D eigenvalue weighted by Crippen LogP contribution is 2.29. The fourth-order valence-electron chi connectivity index (χ4n) is 2.05. The Morgan fingerprint density at radius 1 is 1.00 bits per heavy atom. The molecule has 0 amide bonds. The van der Waals surface area contributed by atoms with Gasteiger partial charge < -0.3 is 9.47 Å². The fourth-order valence-corrected chi connectivity index (χ4v) is 2.27. The molecular weight excluding hydrogens is 306 g/mol. The van der Waals surface area contributed by atoms with Gasteiger partial charge in [-0.3, -0.25) is 14.6 Å². The molecule has 0 spiro atoms. The standard InChI is InChI=1S/C16H10ClNO4/c1-21-9-4-6-10(7-5-9)22-16-12(17)15(20)13-11(14(16)19)3-2-8-18-13/h2-8H,1H3. The molecule has 5 nitrogen and oxygen atoms in total. The van der Waals surface area contributed by atoms with Gasteiger partial charge in [0.15, 0.2) is 5.76 Å². The zero-order valence-corrected chi connectivity index (χ0v) is 12.3. The maximum Gasteiger partial charge on any atom is 0.232 e. The molecule has 6 heteroatoms. The van der Waals surface area contributed by atoms with Gasteiger partial charge in [0.25, 0.3) is 0 Å². The summed E-state index contributed by atoms with van der Waals surface area (Å²) < 4.78 is 10.5. The first-order chi connectivity index (χ1) is 10.6. The zero-order chi connectivity index (χ0) is 15.7. The van der Waals surface area contributed by atoms with Crippen molar-refractivity contribution >= 4 is 23.2 Å². The molecule has 0 atom stereocenters. The lowest BCUT2D eigenvalue weighted by molar-refractivity contribution is 0.0940. The lowest BCUT2D eigenvalue weighted by Gasteiger charge is -2.17. The molecular formula is C16H10ClNO4. The monoisotopic (exact) mass is 315 g/mol. The Bertz CT molecular complexity index is 796. The number of aromatic nitrogens is 1. The Kier molecular flexibility index (Phi) is 3.65. The molecule has 0 radical (unpaired) electrons. The molecule has 2 aromatic rings. The number of hydrogen-bond acceptors (Lipinski definition) is 5. The van der Waals surface area contributed by atoms with E-state index in [1.165, 1.54) is 12.3 Å². The van der Waals surface area contributed by atoms with Gasteiger partial charge in [0.2, 0.25) is 11.6 Å². The molecule has 0 saturated carbocycles. The Balaban J connectivity index is 1.97. The molecule has 0 unspecified atom stereocenters. The number of ether oxygens (including phenoxy) is 2. The lowest BCUT2D eigenvalue weighted by atomic mass is 9.98. The minimum Gasteiger partial charge on any atom is -0.497 e. The number of halogens is 1. The van der Waals surface area contributed by atoms with Crippen molar-refractivity contribution in [2.75, 3.05) is 7.11 Å². The number of pyridine rings is 1. The van der Waals surface area contributed by atoms with E-state index in [1.807, 2.05) is 0 Å². The highest BCUT2D eigenvalue weighted by molar-refractivity contribution is 6.49. The van der Waals surface area contributed by atoms with Crippen LogP contribution >= 0.6 is 11.6 Å². The molecule has 0 aliphatic heterocycles. The first kappa shape index (κ1) is 14.3. The molecule has 1 aliphatic rings. The van der Waals surface area contributed by atoms with Crippen LogP contribution in [0.25, 0.3) is 0 Å². The number of nitrogens with zero attached hydrogens (tertiary/aromatic N) is 1. The lowest BCUT2D eigenvalue weighted by Crippen LogP contribution is -2.24. The number of carbonyl (C=O) groups excluding carboxylic acids is 2. The summed E-state index contributed by atoms with van der Waals surface area (Å²) >= 11 is 5.98. The minimum atomic E-state index is -0.527. The van der Waals surface area contributed by atoms with E-state index in [2.05, 4.69) is 4.98 Å². The maximum atomic E-state index is 12.4. The summed E-state index contributed by atoms with van der Waals surface area (Å²) in [4.78, 5) is 28.5. The van der Waals surface area contributed by atoms with Crippen LogP contribution in [-0.2, 0) is 0 Å². The van der Waals surface area contributed by atoms with E-state index in [0.717, 1.165) is 0 Å². The third kappa shape index (κ3) is 2.35. The van der Waals surface area contributed by atoms with Crippen LogP contribution in [0.1, 0.15) is 20.8 Å². The van der Waals surface area contributed by atoms with E-state index in [9.17, 15) is 9.59 Å². The van der Waals surface area contributed by atoms with E-state index in [0.29, 0.717) is 11.5 Å². The quantitative estimate of drug-likeness (QED) is 0.871. The molecule has 3 rings (SSSR count). The molecule has 1 aliphatic carbocycles. The van der Waals surface area contributed by atoms with Gasteiger partial charge in [0.1, 0.15) is 22.2 Å². The smallest absolute Gasteiger partial charge is 0.232 e. The van der Waals surface area contributed by atoms with E-state index in [1.54, 1.807) is 37.4 Å². The molecule has 0 N–H and O–H groups in total. The van der Waals surface area contributed by atoms with Crippen molar-refractivity contribution in [3.05, 3.63) is 64.6 Å². The van der Waals surface area contributed by atoms with Crippen molar-refractivity contribution in [1.82, 2.24) is 4.98 Å². The van der Waals surface area contributed by atoms with Crippen LogP contribution in [0.2, 0.25) is 0 Å². The van der Waals surface area contributed by atoms with Gasteiger partial charge in [-0.15, -0.1) is 0 Å². The number of benzene rings is 1. The zero-order valence-electron chi connectivity index (χ0n) is 11.5. The van der Waals surface area contributed by atoms with E-state index in [4.69, 9.17) is 21.1 Å². The second kappa shape index (κ2) is 5.61. The molecule has 0 fully saturated rings. The van der Waals surface area contributed by atoms with Crippen molar-refractivity contribution in [2.24, 2.45) is 0 Å². The summed E-state index contributed by atoms with van der Waals surface area (Å²) in [5.41, 5.74) is 0.222. The van der Waals surface area contributed by atoms with E-state index < -0.39 is 11.6 Å². The van der Waals surface area contributed by atoms with Gasteiger partial charge in [-0.25, -0.2) is 0 Å². The maximum absolute atomic E-state index is 12.4. The molecule has 0 saturated heterocycles. The van der Waals surface area contributed by atoms with Gasteiger partial charge in [0.05, 0.1) is 12.7 Å². The number of hydrogen-bond donors (Lipinski definition) is 0. The Morgan fingerprint density at radius 3 is 2.36 bits per heavy atom. The summed E-state index contributed by atoms with van der Waals surface area (Å²) in [6.07, 6.45) is 1.43. The van der Waals surface area contributed by atoms with Gasteiger partial charge in [-0.05, 0) is 36.4 Å². The van der Waals surface area contributed by atoms with Gasteiger partial charge >= 0.3 is 0 Å². The highest BCUT2D eigenvalue weighted by atomic mass is 35.5. The molecule has 1 aromatic heterocycles. The predicted octanol–water partition coefficient (Wildman–Crippen LogP) is 3.00. The van der Waals surface area contributed by atoms with Crippen molar-refractivity contribution in [1.29, 1.82) is 0 Å². The summed E-state index contributed by atoms with van der Waals surface area (Å²) in [5, 5.41) is -0.271. The minimum absolute atomic E-state index is 0.0413. The summed E-state index contributed by atoms with van der Waals surface area (Å²) in [5.74, 6) is -0.170. The van der Waals surface area contributed by atoms with Crippen LogP contribution in [-0.4, -0.2) is 23.7 Å². The van der Waals surface area contributed by atoms with Gasteiger partial charge in [-0.2, -0.15) is 0 Å². The SMILES string of the molecule is COc1ccc(OC2=C(Cl)C(=O)c3ncccc3C2=O)cc1. The predicted molar refractivity (Wildman–Crippen MR) is 79.4 cm³/mol. The van der Waals surface area contributed by atoms with Crippen LogP contribution in [0.5, 0.6) is 11.5 Å². The number of methoxy groups -OCH3 is 1. The molecule has 0 bridgehead atoms. The van der Waals surface area contributed by atoms with Gasteiger partial charge in [0, 0.05) is 6.20 Å². The second-order valence-corrected chi connectivity index (χ2v) is 4.86. The van der Waals surface area contributed by atoms with E-state index in [-0.39, 0.29) is 22.0 Å². The van der Waals surface area contributed by atoms with Crippen LogP contribution in [0.3, 0.4) is 0 Å². The molecule has 22 heavy (non-hydrogen) atoms. The third-order valence-corrected chi connectivity index (χ3v) is 3.49. The average molecular weight is 316 g/mol. The largest absolute Gasteiger partial charge is 0.497 e. The third-order valence-electron chi connectivity index (χ3n) is 3.15. The van der Waals surface area contributed by atoms with Crippen LogP contribution in [0.4, 0.5) is 0 Å². The summed E-state index contributed by atoms with van der Waals surface area (Å²) in [6.45, 7) is 0. The number of carbonyl (C=O) groups is 2. The first-order valence-corrected chi connectivity index (χ1v) is 6.75. The topological polar surface area (TPSA) is 65.5 Å². The number of rotatable bonds is 3. The first-order valence-electron chi connectivity index (χ1n) is 6.38. The van der Waals surface area contributed by atoms with Crippen molar-refractivity contribution in [2.45, 2.75) is 0 Å². The number of ketones is 2. The van der Waals surface area contributed by atoms with Crippen molar-refractivity contribution in [3.63, 3.8) is 0 Å². The van der Waals surface area contributed by atoms with Crippen molar-refractivity contribution < 1.29 is 19.1 Å². The second-order valence-electron chi connectivity index (χ2n) is 4.48. The average Bonchev–Trinajstić information content (AvgIpc) is 2.57. The summed E-state index contributed by atoms with van der Waals surface area (Å²) in [6, 6.07) is 9.68. The normalized spacial score (nSPS) is 13.9. The number of allylic oxidation sites excluding steroid dienone is 2. The van der Waals surface area contributed by atoms with Crippen LogP contribution in [0.15, 0.2) is 53.4 Å². The molecule has 110 valence electrons. The fraction of sp³-hybridized carbons (Fsp3) is 0.0625. The van der Waals surface area contributed by atoms with Crippen molar-refractivity contribution in [3.8, 4) is 11.5 Å². The Labute approximate surface area is 131 Å². The number of fused-ring (bicyclic) bond motifs is 1. The number of Topliss-reactive ketones (excluding diaryl/α,β-unsaturated/α-hetero) is 2. The van der Waals surface area contributed by atoms with Crippen LogP contribution < -0.4 is 9.47 Å². The summed E-state index contributed by atoms with van der Waals surface area (Å²) in [7, 11) is 1.54. The molecule has 1 heterocycles. The Hall–Kier alpha value is -2.66.